The Kier molecular flexibility index (Phi) is 3.75. The van der Waals surface area contributed by atoms with Crippen molar-refractivity contribution in [2.45, 2.75) is 25.4 Å². The summed E-state index contributed by atoms with van der Waals surface area (Å²) in [4.78, 5) is 6.63. The average molecular weight is 208 g/mol. The summed E-state index contributed by atoms with van der Waals surface area (Å²) in [6.07, 6.45) is 8.45. The van der Waals surface area contributed by atoms with E-state index in [1.807, 2.05) is 25.8 Å². The molecule has 1 aliphatic rings. The lowest BCUT2D eigenvalue weighted by atomic mass is 10.2. The molecule has 0 amide bonds. The number of aromatic nitrogens is 2. The van der Waals surface area contributed by atoms with Crippen LogP contribution in [0.25, 0.3) is 0 Å². The van der Waals surface area contributed by atoms with Crippen molar-refractivity contribution in [2.75, 3.05) is 26.7 Å². The molecule has 0 aliphatic carbocycles. The summed E-state index contributed by atoms with van der Waals surface area (Å²) in [5, 5.41) is 3.27. The summed E-state index contributed by atoms with van der Waals surface area (Å²) in [7, 11) is 2.03. The van der Waals surface area contributed by atoms with Crippen LogP contribution in [0.5, 0.6) is 0 Å². The van der Waals surface area contributed by atoms with E-state index in [1.54, 1.807) is 0 Å². The van der Waals surface area contributed by atoms with Crippen LogP contribution < -0.4 is 5.32 Å². The van der Waals surface area contributed by atoms with Crippen molar-refractivity contribution >= 4 is 0 Å². The molecule has 2 rings (SSSR count). The third kappa shape index (κ3) is 2.79. The number of nitrogens with one attached hydrogen (secondary N) is 1. The summed E-state index contributed by atoms with van der Waals surface area (Å²) in [5.41, 5.74) is 0. The first-order valence-electron chi connectivity index (χ1n) is 5.74. The van der Waals surface area contributed by atoms with Gasteiger partial charge in [0.05, 0.1) is 6.33 Å². The fourth-order valence-electron chi connectivity index (χ4n) is 2.32. The Bertz CT molecular complexity index is 270. The largest absolute Gasteiger partial charge is 0.336 e. The maximum atomic E-state index is 4.05. The van der Waals surface area contributed by atoms with Crippen LogP contribution in [0.15, 0.2) is 18.7 Å². The van der Waals surface area contributed by atoms with Crippen LogP contribution in [0, 0.1) is 0 Å². The van der Waals surface area contributed by atoms with Gasteiger partial charge < -0.3 is 9.88 Å². The lowest BCUT2D eigenvalue weighted by Crippen LogP contribution is -2.38. The molecule has 1 fully saturated rings. The number of nitrogens with zero attached hydrogens (tertiary/aromatic N) is 3. The first kappa shape index (κ1) is 10.6. The average Bonchev–Trinajstić information content (AvgIpc) is 2.85. The Hall–Kier alpha value is -0.870. The van der Waals surface area contributed by atoms with Gasteiger partial charge in [-0.1, -0.05) is 0 Å². The fraction of sp³-hybridized carbons (Fsp3) is 0.727. The second-order valence-corrected chi connectivity index (χ2v) is 4.19. The zero-order chi connectivity index (χ0) is 10.5. The summed E-state index contributed by atoms with van der Waals surface area (Å²) in [6.45, 7) is 4.56. The number of hydrogen-bond donors (Lipinski definition) is 1. The van der Waals surface area contributed by atoms with Gasteiger partial charge in [0.1, 0.15) is 0 Å². The lowest BCUT2D eigenvalue weighted by Gasteiger charge is -2.24. The molecule has 1 atom stereocenters. The van der Waals surface area contributed by atoms with E-state index in [0.717, 1.165) is 25.7 Å². The number of hydrogen-bond acceptors (Lipinski definition) is 3. The third-order valence-corrected chi connectivity index (χ3v) is 3.14. The van der Waals surface area contributed by atoms with E-state index in [-0.39, 0.29) is 0 Å². The summed E-state index contributed by atoms with van der Waals surface area (Å²) in [6, 6.07) is 0.735. The quantitative estimate of drug-likeness (QED) is 0.768. The van der Waals surface area contributed by atoms with Crippen LogP contribution in [-0.2, 0) is 6.54 Å². The lowest BCUT2D eigenvalue weighted by molar-refractivity contribution is 0.241. The molecule has 1 aromatic heterocycles. The molecule has 1 unspecified atom stereocenters. The van der Waals surface area contributed by atoms with E-state index in [9.17, 15) is 0 Å². The van der Waals surface area contributed by atoms with Gasteiger partial charge in [-0.25, -0.2) is 4.98 Å². The Morgan fingerprint density at radius 1 is 1.47 bits per heavy atom. The maximum absolute atomic E-state index is 4.05. The molecule has 1 aliphatic heterocycles. The first-order chi connectivity index (χ1) is 7.40. The van der Waals surface area contributed by atoms with Gasteiger partial charge in [0, 0.05) is 38.1 Å². The molecule has 1 saturated heterocycles. The normalized spacial score (nSPS) is 22.3. The zero-order valence-corrected chi connectivity index (χ0v) is 9.39. The second-order valence-electron chi connectivity index (χ2n) is 4.19. The zero-order valence-electron chi connectivity index (χ0n) is 9.39. The van der Waals surface area contributed by atoms with Crippen molar-refractivity contribution in [2.24, 2.45) is 0 Å². The van der Waals surface area contributed by atoms with Crippen molar-refractivity contribution in [3.05, 3.63) is 18.7 Å². The molecule has 84 valence electrons. The highest BCUT2D eigenvalue weighted by Gasteiger charge is 2.22. The monoisotopic (exact) mass is 208 g/mol. The minimum absolute atomic E-state index is 0.735. The minimum atomic E-state index is 0.735. The van der Waals surface area contributed by atoms with E-state index in [4.69, 9.17) is 0 Å². The Morgan fingerprint density at radius 2 is 2.40 bits per heavy atom. The molecule has 0 saturated carbocycles. The first-order valence-corrected chi connectivity index (χ1v) is 5.74. The number of likely N-dealkylation sites (N-methyl/N-ethyl adjacent to an activating group) is 1. The highest BCUT2D eigenvalue weighted by Crippen LogP contribution is 2.15. The highest BCUT2D eigenvalue weighted by atomic mass is 15.2. The van der Waals surface area contributed by atoms with Gasteiger partial charge in [-0.3, -0.25) is 4.90 Å². The van der Waals surface area contributed by atoms with Crippen LogP contribution in [-0.4, -0.2) is 47.2 Å². The van der Waals surface area contributed by atoms with E-state index >= 15 is 0 Å². The summed E-state index contributed by atoms with van der Waals surface area (Å²) in [5.74, 6) is 0. The molecular weight excluding hydrogens is 188 g/mol. The van der Waals surface area contributed by atoms with Gasteiger partial charge in [0.2, 0.25) is 0 Å². The topological polar surface area (TPSA) is 33.1 Å². The SMILES string of the molecule is CNCC1CCCN1CCn1ccnc1. The summed E-state index contributed by atoms with van der Waals surface area (Å²) < 4.78 is 2.15. The summed E-state index contributed by atoms with van der Waals surface area (Å²) >= 11 is 0. The van der Waals surface area contributed by atoms with Crippen molar-refractivity contribution in [3.63, 3.8) is 0 Å². The fourth-order valence-corrected chi connectivity index (χ4v) is 2.32. The van der Waals surface area contributed by atoms with Crippen LogP contribution in [0.2, 0.25) is 0 Å². The van der Waals surface area contributed by atoms with Crippen LogP contribution >= 0.6 is 0 Å². The number of likely N-dealkylation sites (tertiary alicyclic amines) is 1. The maximum Gasteiger partial charge on any atom is 0.0946 e. The van der Waals surface area contributed by atoms with Crippen molar-refractivity contribution in [1.82, 2.24) is 19.8 Å². The Morgan fingerprint density at radius 3 is 3.13 bits per heavy atom. The second kappa shape index (κ2) is 5.28. The predicted molar refractivity (Wildman–Crippen MR) is 60.7 cm³/mol. The molecule has 2 heterocycles. The molecule has 1 N–H and O–H groups in total. The van der Waals surface area contributed by atoms with Gasteiger partial charge in [0.15, 0.2) is 0 Å². The van der Waals surface area contributed by atoms with Gasteiger partial charge in [0.25, 0.3) is 0 Å². The molecule has 1 aromatic rings. The molecular formula is C11H20N4. The molecule has 15 heavy (non-hydrogen) atoms. The van der Waals surface area contributed by atoms with Gasteiger partial charge >= 0.3 is 0 Å². The molecule has 0 aromatic carbocycles. The molecule has 0 spiro atoms. The van der Waals surface area contributed by atoms with Crippen molar-refractivity contribution < 1.29 is 0 Å². The van der Waals surface area contributed by atoms with E-state index in [1.165, 1.54) is 19.4 Å². The molecule has 4 heteroatoms. The number of imidazole rings is 1. The van der Waals surface area contributed by atoms with Gasteiger partial charge in [-0.2, -0.15) is 0 Å². The third-order valence-electron chi connectivity index (χ3n) is 3.14. The van der Waals surface area contributed by atoms with Crippen molar-refractivity contribution in [1.29, 1.82) is 0 Å². The molecule has 0 radical (unpaired) electrons. The van der Waals surface area contributed by atoms with Gasteiger partial charge in [-0.15, -0.1) is 0 Å². The Balaban J connectivity index is 1.78. The smallest absolute Gasteiger partial charge is 0.0946 e. The van der Waals surface area contributed by atoms with Crippen LogP contribution in [0.3, 0.4) is 0 Å². The Labute approximate surface area is 91.3 Å². The molecule has 4 nitrogen and oxygen atoms in total. The van der Waals surface area contributed by atoms with E-state index in [0.29, 0.717) is 0 Å². The minimum Gasteiger partial charge on any atom is -0.336 e. The van der Waals surface area contributed by atoms with Gasteiger partial charge in [-0.05, 0) is 26.4 Å². The molecule has 0 bridgehead atoms. The predicted octanol–water partition coefficient (Wildman–Crippen LogP) is 0.567. The standard InChI is InChI=1S/C11H20N4/c1-12-9-11-3-2-5-15(11)8-7-14-6-4-13-10-14/h4,6,10-12H,2-3,5,7-9H2,1H3. The number of rotatable bonds is 5. The highest BCUT2D eigenvalue weighted by molar-refractivity contribution is 4.81. The van der Waals surface area contributed by atoms with E-state index in [2.05, 4.69) is 19.8 Å². The van der Waals surface area contributed by atoms with Crippen LogP contribution in [0.4, 0.5) is 0 Å². The van der Waals surface area contributed by atoms with E-state index < -0.39 is 0 Å². The van der Waals surface area contributed by atoms with Crippen molar-refractivity contribution in [3.8, 4) is 0 Å². The van der Waals surface area contributed by atoms with Crippen LogP contribution in [0.1, 0.15) is 12.8 Å².